The van der Waals surface area contributed by atoms with Gasteiger partial charge in [-0.2, -0.15) is 0 Å². The average molecular weight is 315 g/mol. The normalized spacial score (nSPS) is 38.0. The molecule has 2 aliphatic carbocycles. The van der Waals surface area contributed by atoms with Crippen molar-refractivity contribution in [2.24, 2.45) is 17.8 Å². The lowest BCUT2D eigenvalue weighted by atomic mass is 9.73. The van der Waals surface area contributed by atoms with Crippen molar-refractivity contribution in [1.82, 2.24) is 4.90 Å². The highest BCUT2D eigenvalue weighted by Crippen LogP contribution is 2.52. The van der Waals surface area contributed by atoms with E-state index >= 15 is 0 Å². The first kappa shape index (κ1) is 14.3. The molecule has 2 aliphatic heterocycles. The number of rotatable bonds is 1. The molecule has 2 nitrogen and oxygen atoms in total. The summed E-state index contributed by atoms with van der Waals surface area (Å²) in [6.07, 6.45) is 6.55. The Morgan fingerprint density at radius 1 is 1.22 bits per heavy atom. The first-order valence-corrected chi connectivity index (χ1v) is 9.33. The maximum absolute atomic E-state index is 13.7. The third kappa shape index (κ3) is 2.02. The molecular weight excluding hydrogens is 289 g/mol. The lowest BCUT2D eigenvalue weighted by Crippen LogP contribution is -2.49. The number of hydrogen-bond acceptors (Lipinski definition) is 2. The van der Waals surface area contributed by atoms with Gasteiger partial charge in [0.15, 0.2) is 0 Å². The van der Waals surface area contributed by atoms with Crippen molar-refractivity contribution in [2.45, 2.75) is 50.5 Å². The zero-order chi connectivity index (χ0) is 15.6. The van der Waals surface area contributed by atoms with Crippen LogP contribution in [0.3, 0.4) is 0 Å². The van der Waals surface area contributed by atoms with E-state index in [0.29, 0.717) is 0 Å². The Balaban J connectivity index is 1.33. The monoisotopic (exact) mass is 315 g/mol. The Bertz CT molecular complexity index is 622. The SMILES string of the molecule is C[C@@H]1[C@H]2CC[C@H]1[C@@H](N1CCC3(CC1)COc1ccc(F)cc13)C2. The fourth-order valence-electron chi connectivity index (χ4n) is 6.10. The van der Waals surface area contributed by atoms with Gasteiger partial charge >= 0.3 is 0 Å². The van der Waals surface area contributed by atoms with E-state index in [1.165, 1.54) is 25.3 Å². The van der Waals surface area contributed by atoms with Crippen molar-refractivity contribution in [3.63, 3.8) is 0 Å². The smallest absolute Gasteiger partial charge is 0.123 e. The van der Waals surface area contributed by atoms with Crippen molar-refractivity contribution in [2.75, 3.05) is 19.7 Å². The predicted octanol–water partition coefficient (Wildman–Crippen LogP) is 3.99. The summed E-state index contributed by atoms with van der Waals surface area (Å²) in [6, 6.07) is 5.86. The largest absolute Gasteiger partial charge is 0.492 e. The Morgan fingerprint density at radius 2 is 2.04 bits per heavy atom. The Labute approximate surface area is 138 Å². The minimum absolute atomic E-state index is 0.0666. The van der Waals surface area contributed by atoms with Crippen molar-refractivity contribution in [1.29, 1.82) is 0 Å². The van der Waals surface area contributed by atoms with Gasteiger partial charge in [0.2, 0.25) is 0 Å². The van der Waals surface area contributed by atoms with Crippen LogP contribution in [0, 0.1) is 23.6 Å². The lowest BCUT2D eigenvalue weighted by molar-refractivity contribution is 0.0723. The molecule has 0 unspecified atom stereocenters. The average Bonchev–Trinajstić information content (AvgIpc) is 3.20. The van der Waals surface area contributed by atoms with Crippen LogP contribution in [0.5, 0.6) is 5.75 Å². The van der Waals surface area contributed by atoms with Crippen LogP contribution in [0.25, 0.3) is 0 Å². The quantitative estimate of drug-likeness (QED) is 0.777. The second-order valence-corrected chi connectivity index (χ2v) is 8.41. The molecule has 0 N–H and O–H groups in total. The van der Waals surface area contributed by atoms with Crippen LogP contribution in [0.1, 0.15) is 44.6 Å². The van der Waals surface area contributed by atoms with Gasteiger partial charge in [-0.3, -0.25) is 0 Å². The first-order chi connectivity index (χ1) is 11.2. The van der Waals surface area contributed by atoms with E-state index in [1.54, 1.807) is 6.07 Å². The molecular formula is C20H26FNO. The summed E-state index contributed by atoms with van der Waals surface area (Å²) >= 11 is 0. The molecule has 2 heterocycles. The molecule has 1 spiro atoms. The van der Waals surface area contributed by atoms with Crippen LogP contribution < -0.4 is 4.74 Å². The molecule has 124 valence electrons. The number of likely N-dealkylation sites (tertiary alicyclic amines) is 1. The summed E-state index contributed by atoms with van der Waals surface area (Å²) < 4.78 is 19.6. The highest BCUT2D eigenvalue weighted by molar-refractivity contribution is 5.44. The lowest BCUT2D eigenvalue weighted by Gasteiger charge is -2.43. The van der Waals surface area contributed by atoms with Gasteiger partial charge in [-0.05, 0) is 81.1 Å². The molecule has 4 atom stereocenters. The predicted molar refractivity (Wildman–Crippen MR) is 88.2 cm³/mol. The molecule has 2 saturated carbocycles. The van der Waals surface area contributed by atoms with Crippen LogP contribution in [-0.2, 0) is 5.41 Å². The van der Waals surface area contributed by atoms with Crippen molar-refractivity contribution >= 4 is 0 Å². The van der Waals surface area contributed by atoms with Crippen LogP contribution in [0.2, 0.25) is 0 Å². The topological polar surface area (TPSA) is 12.5 Å². The first-order valence-electron chi connectivity index (χ1n) is 9.33. The highest BCUT2D eigenvalue weighted by atomic mass is 19.1. The second kappa shape index (κ2) is 4.95. The Hall–Kier alpha value is -1.09. The van der Waals surface area contributed by atoms with Gasteiger partial charge < -0.3 is 9.64 Å². The summed E-state index contributed by atoms with van der Waals surface area (Å²) in [5.41, 5.74) is 1.19. The van der Waals surface area contributed by atoms with Crippen LogP contribution in [0.4, 0.5) is 4.39 Å². The molecule has 1 saturated heterocycles. The van der Waals surface area contributed by atoms with Crippen LogP contribution in [-0.4, -0.2) is 30.6 Å². The number of halogens is 1. The van der Waals surface area contributed by atoms with E-state index in [-0.39, 0.29) is 11.2 Å². The van der Waals surface area contributed by atoms with Gasteiger partial charge in [0, 0.05) is 17.0 Å². The van der Waals surface area contributed by atoms with E-state index in [2.05, 4.69) is 11.8 Å². The molecule has 0 radical (unpaired) electrons. The van der Waals surface area contributed by atoms with Gasteiger partial charge in [-0.15, -0.1) is 0 Å². The number of piperidine rings is 1. The number of nitrogens with zero attached hydrogens (tertiary/aromatic N) is 1. The molecule has 2 bridgehead atoms. The maximum Gasteiger partial charge on any atom is 0.123 e. The van der Waals surface area contributed by atoms with E-state index in [4.69, 9.17) is 4.74 Å². The minimum Gasteiger partial charge on any atom is -0.492 e. The van der Waals surface area contributed by atoms with E-state index in [9.17, 15) is 4.39 Å². The van der Waals surface area contributed by atoms with Gasteiger partial charge in [-0.25, -0.2) is 4.39 Å². The van der Waals surface area contributed by atoms with Crippen LogP contribution >= 0.6 is 0 Å². The van der Waals surface area contributed by atoms with E-state index < -0.39 is 0 Å². The minimum atomic E-state index is -0.127. The zero-order valence-electron chi connectivity index (χ0n) is 13.9. The van der Waals surface area contributed by atoms with Gasteiger partial charge in [-0.1, -0.05) is 6.92 Å². The van der Waals surface area contributed by atoms with Crippen LogP contribution in [0.15, 0.2) is 18.2 Å². The summed E-state index contributed by atoms with van der Waals surface area (Å²) in [4.78, 5) is 2.75. The highest BCUT2D eigenvalue weighted by Gasteiger charge is 2.50. The molecule has 0 amide bonds. The second-order valence-electron chi connectivity index (χ2n) is 8.41. The van der Waals surface area contributed by atoms with Crippen molar-refractivity contribution in [3.05, 3.63) is 29.6 Å². The molecule has 1 aromatic rings. The molecule has 4 aliphatic rings. The Kier molecular flexibility index (Phi) is 3.07. The standard InChI is InChI=1S/C20H26FNO/c1-13-14-2-4-16(13)18(10-14)22-8-6-20(7-9-22)12-23-19-5-3-15(21)11-17(19)20/h3,5,11,13-14,16,18H,2,4,6-10,12H2,1H3/t13-,14+,16-,18+/m1/s1. The number of benzene rings is 1. The van der Waals surface area contributed by atoms with E-state index in [0.717, 1.165) is 67.6 Å². The third-order valence-electron chi connectivity index (χ3n) is 7.57. The van der Waals surface area contributed by atoms with Gasteiger partial charge in [0.25, 0.3) is 0 Å². The number of hydrogen-bond donors (Lipinski definition) is 0. The number of fused-ring (bicyclic) bond motifs is 4. The third-order valence-corrected chi connectivity index (χ3v) is 7.57. The molecule has 5 rings (SSSR count). The molecule has 3 fully saturated rings. The molecule has 23 heavy (non-hydrogen) atoms. The van der Waals surface area contributed by atoms with Gasteiger partial charge in [0.05, 0.1) is 6.61 Å². The summed E-state index contributed by atoms with van der Waals surface area (Å²) in [5, 5.41) is 0. The fourth-order valence-corrected chi connectivity index (χ4v) is 6.10. The molecule has 1 aromatic carbocycles. The Morgan fingerprint density at radius 3 is 2.74 bits per heavy atom. The van der Waals surface area contributed by atoms with Crippen molar-refractivity contribution in [3.8, 4) is 5.75 Å². The maximum atomic E-state index is 13.7. The summed E-state index contributed by atoms with van der Waals surface area (Å²) in [6.45, 7) is 5.52. The van der Waals surface area contributed by atoms with Crippen molar-refractivity contribution < 1.29 is 9.13 Å². The van der Waals surface area contributed by atoms with E-state index in [1.807, 2.05) is 6.07 Å². The van der Waals surface area contributed by atoms with Gasteiger partial charge in [0.1, 0.15) is 11.6 Å². The summed E-state index contributed by atoms with van der Waals surface area (Å²) in [7, 11) is 0. The molecule has 3 heteroatoms. The summed E-state index contributed by atoms with van der Waals surface area (Å²) in [5.74, 6) is 3.62. The fraction of sp³-hybridized carbons (Fsp3) is 0.700. The number of ether oxygens (including phenoxy) is 1. The molecule has 0 aromatic heterocycles. The zero-order valence-corrected chi connectivity index (χ0v) is 13.9.